The van der Waals surface area contributed by atoms with Gasteiger partial charge >= 0.3 is 5.97 Å². The number of sulfonamides is 1. The first kappa shape index (κ1) is 28.2. The number of aliphatic carboxylic acids is 1. The lowest BCUT2D eigenvalue weighted by molar-refractivity contribution is -0.149. The summed E-state index contributed by atoms with van der Waals surface area (Å²) < 4.78 is 29.2. The van der Waals surface area contributed by atoms with Gasteiger partial charge < -0.3 is 20.2 Å². The maximum Gasteiger partial charge on any atom is 0.345 e. The van der Waals surface area contributed by atoms with Crippen LogP contribution in [0.1, 0.15) is 48.8 Å². The molecule has 3 rings (SSSR count). The van der Waals surface area contributed by atoms with Gasteiger partial charge in [-0.25, -0.2) is 18.2 Å². The topological polar surface area (TPSA) is 192 Å². The van der Waals surface area contributed by atoms with Gasteiger partial charge in [-0.1, -0.05) is 17.7 Å². The zero-order valence-electron chi connectivity index (χ0n) is 20.9. The minimum atomic E-state index is -4.39. The second kappa shape index (κ2) is 11.8. The summed E-state index contributed by atoms with van der Waals surface area (Å²) >= 11 is 0. The van der Waals surface area contributed by atoms with Crippen LogP contribution < -0.4 is 20.8 Å². The van der Waals surface area contributed by atoms with Crippen molar-refractivity contribution in [2.45, 2.75) is 69.5 Å². The van der Waals surface area contributed by atoms with Crippen LogP contribution in [0.5, 0.6) is 0 Å². The molecule has 14 heteroatoms. The van der Waals surface area contributed by atoms with E-state index in [0.717, 1.165) is 5.56 Å². The molecular weight excluding hydrogens is 504 g/mol. The van der Waals surface area contributed by atoms with Crippen LogP contribution in [0.4, 0.5) is 5.95 Å². The molecule has 1 aromatic carbocycles. The van der Waals surface area contributed by atoms with E-state index in [-0.39, 0.29) is 55.5 Å². The zero-order chi connectivity index (χ0) is 27.2. The van der Waals surface area contributed by atoms with Gasteiger partial charge in [-0.2, -0.15) is 10.2 Å². The van der Waals surface area contributed by atoms with Gasteiger partial charge in [-0.15, -0.1) is 0 Å². The molecule has 0 saturated carbocycles. The molecule has 202 valence electrons. The second-order valence-corrected chi connectivity index (χ2v) is 10.7. The number of aromatic amines is 1. The van der Waals surface area contributed by atoms with E-state index < -0.39 is 33.6 Å². The van der Waals surface area contributed by atoms with Crippen molar-refractivity contribution in [1.82, 2.24) is 25.5 Å². The van der Waals surface area contributed by atoms with Crippen LogP contribution in [0, 0.1) is 20.8 Å². The summed E-state index contributed by atoms with van der Waals surface area (Å²) in [5.41, 5.74) is 1.87. The van der Waals surface area contributed by atoms with E-state index in [1.165, 1.54) is 6.20 Å². The molecule has 1 saturated heterocycles. The summed E-state index contributed by atoms with van der Waals surface area (Å²) in [5.74, 6) is -2.37. The molecule has 6 N–H and O–H groups in total. The van der Waals surface area contributed by atoms with Gasteiger partial charge in [0, 0.05) is 18.8 Å². The third kappa shape index (κ3) is 7.13. The van der Waals surface area contributed by atoms with E-state index in [9.17, 15) is 27.9 Å². The number of rotatable bonds is 12. The van der Waals surface area contributed by atoms with Gasteiger partial charge in [0.1, 0.15) is 6.04 Å². The summed E-state index contributed by atoms with van der Waals surface area (Å²) in [7, 11) is -4.39. The molecule has 0 bridgehead atoms. The number of imidazole rings is 1. The number of aromatic nitrogens is 2. The van der Waals surface area contributed by atoms with Crippen LogP contribution in [-0.2, 0) is 29.2 Å². The summed E-state index contributed by atoms with van der Waals surface area (Å²) in [5, 5.41) is 15.2. The molecule has 2 heterocycles. The number of aryl methyl sites for hydroxylation is 3. The molecule has 0 radical (unpaired) electrons. The lowest BCUT2D eigenvalue weighted by Crippen LogP contribution is -2.67. The van der Waals surface area contributed by atoms with Crippen LogP contribution in [0.25, 0.3) is 0 Å². The van der Waals surface area contributed by atoms with Crippen molar-refractivity contribution in [3.8, 4) is 0 Å². The highest BCUT2D eigenvalue weighted by molar-refractivity contribution is 7.89. The number of unbranched alkanes of at least 4 members (excludes halogenated alkanes) is 1. The molecule has 2 atom stereocenters. The first-order valence-electron chi connectivity index (χ1n) is 11.8. The van der Waals surface area contributed by atoms with Crippen molar-refractivity contribution < 1.29 is 32.7 Å². The fourth-order valence-electron chi connectivity index (χ4n) is 4.30. The third-order valence-corrected chi connectivity index (χ3v) is 7.69. The van der Waals surface area contributed by atoms with Crippen molar-refractivity contribution in [3.63, 3.8) is 0 Å². The first-order chi connectivity index (χ1) is 17.4. The lowest BCUT2D eigenvalue weighted by atomic mass is 10.0. The summed E-state index contributed by atoms with van der Waals surface area (Å²) in [6, 6.07) is 2.52. The van der Waals surface area contributed by atoms with Gasteiger partial charge in [0.2, 0.25) is 33.4 Å². The predicted octanol–water partition coefficient (Wildman–Crippen LogP) is 1.00. The molecular formula is C23H32N6O7S. The molecule has 37 heavy (non-hydrogen) atoms. The summed E-state index contributed by atoms with van der Waals surface area (Å²) in [6.07, 6.45) is 3.38. The largest absolute Gasteiger partial charge is 0.478 e. The summed E-state index contributed by atoms with van der Waals surface area (Å²) in [4.78, 5) is 49.1. The number of hydroxylamine groups is 1. The Morgan fingerprint density at radius 3 is 2.46 bits per heavy atom. The molecule has 2 amide bonds. The van der Waals surface area contributed by atoms with Gasteiger partial charge in [-0.05, 0) is 57.6 Å². The lowest BCUT2D eigenvalue weighted by Gasteiger charge is -2.32. The minimum absolute atomic E-state index is 0.0330. The smallest absolute Gasteiger partial charge is 0.345 e. The Labute approximate surface area is 214 Å². The van der Waals surface area contributed by atoms with E-state index in [2.05, 4.69) is 30.8 Å². The number of hydrogen-bond donors (Lipinski definition) is 6. The van der Waals surface area contributed by atoms with Crippen molar-refractivity contribution in [2.24, 2.45) is 0 Å². The minimum Gasteiger partial charge on any atom is -0.478 e. The quantitative estimate of drug-likeness (QED) is 0.170. The van der Waals surface area contributed by atoms with Gasteiger partial charge in [0.05, 0.1) is 11.5 Å². The molecule has 0 spiro atoms. The van der Waals surface area contributed by atoms with Crippen LogP contribution >= 0.6 is 0 Å². The van der Waals surface area contributed by atoms with Crippen LogP contribution in [0.15, 0.2) is 29.4 Å². The van der Waals surface area contributed by atoms with E-state index in [1.807, 2.05) is 6.92 Å². The van der Waals surface area contributed by atoms with Crippen molar-refractivity contribution in [1.29, 1.82) is 0 Å². The Kier molecular flexibility index (Phi) is 9.02. The number of nitrogens with zero attached hydrogens (tertiary/aromatic N) is 1. The SMILES string of the molecule is Cc1cc(C)c(S(=O)(=O)NC(CCCCC(=O)Nc2ncc[nH]2)(NC(=O)C2CCON2)C(=O)O)c(C)c1. The number of H-pyrrole nitrogens is 1. The molecule has 1 aliphatic heterocycles. The standard InChI is InChI=1S/C23H32N6O7S/c1-14-12-15(2)19(16(3)13-14)37(34,35)29-23(21(32)33,27-20(31)17-7-11-36-28-17)8-5-4-6-18(30)26-22-24-9-10-25-22/h9-10,12-13,17,28-29H,4-8,11H2,1-3H3,(H,27,31)(H,32,33)(H2,24,25,26,30). The van der Waals surface area contributed by atoms with Crippen LogP contribution in [0.2, 0.25) is 0 Å². The highest BCUT2D eigenvalue weighted by Gasteiger charge is 2.45. The molecule has 2 aromatic rings. The Hall–Kier alpha value is -3.33. The number of hydrogen-bond acceptors (Lipinski definition) is 8. The van der Waals surface area contributed by atoms with E-state index in [1.54, 1.807) is 32.2 Å². The molecule has 13 nitrogen and oxygen atoms in total. The summed E-state index contributed by atoms with van der Waals surface area (Å²) in [6.45, 7) is 5.31. The Bertz CT molecular complexity index is 1220. The van der Waals surface area contributed by atoms with E-state index in [4.69, 9.17) is 4.84 Å². The van der Waals surface area contributed by atoms with Crippen molar-refractivity contribution in [2.75, 3.05) is 11.9 Å². The molecule has 0 aliphatic carbocycles. The van der Waals surface area contributed by atoms with Gasteiger partial charge in [0.15, 0.2) is 0 Å². The number of carboxylic acids is 1. The fourth-order valence-corrected chi connectivity index (χ4v) is 6.06. The molecule has 1 aliphatic rings. The Morgan fingerprint density at radius 2 is 1.89 bits per heavy atom. The van der Waals surface area contributed by atoms with E-state index in [0.29, 0.717) is 11.1 Å². The average molecular weight is 537 g/mol. The Morgan fingerprint density at radius 1 is 1.19 bits per heavy atom. The van der Waals surface area contributed by atoms with Gasteiger partial charge in [-0.3, -0.25) is 14.9 Å². The molecule has 2 unspecified atom stereocenters. The second-order valence-electron chi connectivity index (χ2n) is 9.03. The Balaban J connectivity index is 1.82. The normalized spacial score (nSPS) is 17.2. The maximum atomic E-state index is 13.5. The number of carboxylic acid groups (broad SMARTS) is 1. The number of benzene rings is 1. The van der Waals surface area contributed by atoms with Crippen molar-refractivity contribution in [3.05, 3.63) is 41.2 Å². The first-order valence-corrected chi connectivity index (χ1v) is 13.3. The van der Waals surface area contributed by atoms with Crippen LogP contribution in [-0.4, -0.2) is 59.6 Å². The number of nitrogens with one attached hydrogen (secondary N) is 5. The fraction of sp³-hybridized carbons (Fsp3) is 0.478. The number of amides is 2. The number of carbonyl (C=O) groups excluding carboxylic acids is 2. The predicted molar refractivity (Wildman–Crippen MR) is 133 cm³/mol. The highest BCUT2D eigenvalue weighted by atomic mass is 32.2. The molecule has 1 aromatic heterocycles. The highest BCUT2D eigenvalue weighted by Crippen LogP contribution is 2.25. The maximum absolute atomic E-state index is 13.5. The van der Waals surface area contributed by atoms with Crippen molar-refractivity contribution >= 4 is 33.8 Å². The third-order valence-electron chi connectivity index (χ3n) is 5.90. The van der Waals surface area contributed by atoms with Gasteiger partial charge in [0.25, 0.3) is 0 Å². The molecule has 1 fully saturated rings. The van der Waals surface area contributed by atoms with Crippen LogP contribution in [0.3, 0.4) is 0 Å². The number of anilines is 1. The number of carbonyl (C=O) groups is 3. The zero-order valence-corrected chi connectivity index (χ0v) is 21.7. The van der Waals surface area contributed by atoms with E-state index >= 15 is 0 Å². The average Bonchev–Trinajstić information content (AvgIpc) is 3.49. The monoisotopic (exact) mass is 536 g/mol.